The van der Waals surface area contributed by atoms with Crippen molar-refractivity contribution in [1.82, 2.24) is 4.72 Å². The lowest BCUT2D eigenvalue weighted by Crippen LogP contribution is -2.25. The normalized spacial score (nSPS) is 13.9. The fraction of sp³-hybridized carbons (Fsp3) is 0.250. The average molecular weight is 534 g/mol. The summed E-state index contributed by atoms with van der Waals surface area (Å²) in [6.45, 7) is 2.44. The van der Waals surface area contributed by atoms with Gasteiger partial charge in [0.15, 0.2) is 0 Å². The molecule has 34 heavy (non-hydrogen) atoms. The Kier molecular flexibility index (Phi) is 7.59. The summed E-state index contributed by atoms with van der Waals surface area (Å²) >= 11 is 0.926. The van der Waals surface area contributed by atoms with E-state index >= 15 is 0 Å². The molecule has 2 N–H and O–H groups in total. The van der Waals surface area contributed by atoms with E-state index in [9.17, 15) is 31.0 Å². The fourth-order valence-electron chi connectivity index (χ4n) is 2.79. The molecule has 3 aromatic rings. The van der Waals surface area contributed by atoms with Gasteiger partial charge in [-0.3, -0.25) is 0 Å². The predicted molar refractivity (Wildman–Crippen MR) is 119 cm³/mol. The number of hydrogen-bond donors (Lipinski definition) is 2. The summed E-state index contributed by atoms with van der Waals surface area (Å²) in [6.07, 6.45) is -5.18. The van der Waals surface area contributed by atoms with Crippen LogP contribution in [0.2, 0.25) is 0 Å². The highest BCUT2D eigenvalue weighted by atomic mass is 32.2. The number of rotatable bonds is 9. The van der Waals surface area contributed by atoms with E-state index in [4.69, 9.17) is 14.5 Å². The Bertz CT molecular complexity index is 1400. The lowest BCUT2D eigenvalue weighted by molar-refractivity contribution is -0.137. The van der Waals surface area contributed by atoms with Gasteiger partial charge in [-0.25, -0.2) is 13.0 Å². The first-order chi connectivity index (χ1) is 15.8. The van der Waals surface area contributed by atoms with Gasteiger partial charge in [0.25, 0.3) is 10.0 Å². The zero-order valence-electron chi connectivity index (χ0n) is 17.5. The van der Waals surface area contributed by atoms with Gasteiger partial charge >= 0.3 is 13.8 Å². The summed E-state index contributed by atoms with van der Waals surface area (Å²) < 4.78 is 89.5. The molecule has 3 rings (SSSR count). The van der Waals surface area contributed by atoms with E-state index in [0.29, 0.717) is 28.5 Å². The third kappa shape index (κ3) is 6.28. The van der Waals surface area contributed by atoms with Crippen LogP contribution in [0.4, 0.5) is 13.2 Å². The van der Waals surface area contributed by atoms with Gasteiger partial charge in [-0.15, -0.1) is 11.3 Å². The zero-order valence-corrected chi connectivity index (χ0v) is 20.0. The molecule has 0 saturated heterocycles. The molecule has 0 aliphatic carbocycles. The molecule has 1 heterocycles. The minimum absolute atomic E-state index is 0.132. The van der Waals surface area contributed by atoms with Crippen LogP contribution in [0.1, 0.15) is 24.5 Å². The highest BCUT2D eigenvalue weighted by Gasteiger charge is 2.35. The molecule has 0 fully saturated rings. The maximum absolute atomic E-state index is 13.1. The molecule has 0 saturated carbocycles. The lowest BCUT2D eigenvalue weighted by Gasteiger charge is -2.16. The van der Waals surface area contributed by atoms with Crippen LogP contribution < -0.4 is 14.0 Å². The third-order valence-electron chi connectivity index (χ3n) is 4.32. The van der Waals surface area contributed by atoms with Crippen molar-refractivity contribution in [3.63, 3.8) is 0 Å². The molecule has 0 aliphatic rings. The van der Waals surface area contributed by atoms with Crippen LogP contribution in [0.3, 0.4) is 0 Å². The minimum Gasteiger partial charge on any atom is -0.494 e. The van der Waals surface area contributed by atoms with Gasteiger partial charge in [0.1, 0.15) is 22.0 Å². The molecule has 14 heteroatoms. The Morgan fingerprint density at radius 2 is 1.88 bits per heavy atom. The van der Waals surface area contributed by atoms with Crippen molar-refractivity contribution < 1.29 is 40.3 Å². The van der Waals surface area contributed by atoms with Gasteiger partial charge in [-0.05, 0) is 54.3 Å². The van der Waals surface area contributed by atoms with E-state index in [-0.39, 0.29) is 4.21 Å². The second-order valence-electron chi connectivity index (χ2n) is 6.97. The number of sulfonamides is 1. The number of fused-ring (bicyclic) bond motifs is 1. The molecular weight excluding hydrogens is 516 g/mol. The molecular formula is C20H18F3N2O6PS2. The number of alkyl halides is 3. The first-order valence-electron chi connectivity index (χ1n) is 9.63. The topological polar surface area (TPSA) is 126 Å². The number of thiophene rings is 1. The Hall–Kier alpha value is -2.62. The summed E-state index contributed by atoms with van der Waals surface area (Å²) in [5.41, 5.74) is -2.04. The maximum atomic E-state index is 13.1. The van der Waals surface area contributed by atoms with Gasteiger partial charge in [0, 0.05) is 4.70 Å². The third-order valence-corrected chi connectivity index (χ3v) is 8.58. The smallest absolute Gasteiger partial charge is 0.417 e. The van der Waals surface area contributed by atoms with Crippen LogP contribution in [0.15, 0.2) is 46.7 Å². The fourth-order valence-corrected chi connectivity index (χ4v) is 6.71. The molecule has 182 valence electrons. The molecule has 0 spiro atoms. The van der Waals surface area contributed by atoms with Gasteiger partial charge in [0.05, 0.1) is 23.8 Å². The predicted octanol–water partition coefficient (Wildman–Crippen LogP) is 5.08. The number of benzene rings is 2. The number of halogens is 3. The second-order valence-corrected chi connectivity index (χ2v) is 11.8. The van der Waals surface area contributed by atoms with E-state index in [1.807, 2.05) is 11.6 Å². The SMILES string of the molecule is CCCOc1ccc2sc(S(=O)(=O)NCP(=O)(O)Oc3ccc(C#N)c(C(F)(F)F)c3)cc2c1. The number of nitrogens with zero attached hydrogens (tertiary/aromatic N) is 1. The van der Waals surface area contributed by atoms with Crippen molar-refractivity contribution in [3.05, 3.63) is 53.6 Å². The molecule has 0 amide bonds. The second kappa shape index (κ2) is 9.93. The van der Waals surface area contributed by atoms with Crippen LogP contribution >= 0.6 is 18.9 Å². The Morgan fingerprint density at radius 1 is 1.18 bits per heavy atom. The van der Waals surface area contributed by atoms with Crippen molar-refractivity contribution in [3.8, 4) is 17.6 Å². The first kappa shape index (κ1) is 26.0. The molecule has 0 aliphatic heterocycles. The summed E-state index contributed by atoms with van der Waals surface area (Å²) in [5.74, 6) is -0.0733. The largest absolute Gasteiger partial charge is 0.494 e. The summed E-state index contributed by atoms with van der Waals surface area (Å²) in [6, 6.07) is 9.91. The molecule has 8 nitrogen and oxygen atoms in total. The van der Waals surface area contributed by atoms with Crippen molar-refractivity contribution in [2.75, 3.05) is 12.9 Å². The van der Waals surface area contributed by atoms with Gasteiger partial charge in [0.2, 0.25) is 0 Å². The van der Waals surface area contributed by atoms with Crippen LogP contribution in [0, 0.1) is 11.3 Å². The zero-order chi connectivity index (χ0) is 25.1. The molecule has 2 aromatic carbocycles. The van der Waals surface area contributed by atoms with Crippen molar-refractivity contribution in [2.45, 2.75) is 23.7 Å². The molecule has 1 unspecified atom stereocenters. The number of hydrogen-bond acceptors (Lipinski definition) is 7. The highest BCUT2D eigenvalue weighted by molar-refractivity contribution is 7.92. The number of nitriles is 1. The van der Waals surface area contributed by atoms with E-state index in [0.717, 1.165) is 29.9 Å². The quantitative estimate of drug-likeness (QED) is 0.367. The molecule has 0 bridgehead atoms. The monoisotopic (exact) mass is 534 g/mol. The average Bonchev–Trinajstić information content (AvgIpc) is 3.20. The van der Waals surface area contributed by atoms with Crippen LogP contribution in [0.5, 0.6) is 11.5 Å². The summed E-state index contributed by atoms with van der Waals surface area (Å²) in [5, 5.41) is 9.41. The maximum Gasteiger partial charge on any atom is 0.417 e. The lowest BCUT2D eigenvalue weighted by atomic mass is 10.1. The summed E-state index contributed by atoms with van der Waals surface area (Å²) in [4.78, 5) is 10.0. The highest BCUT2D eigenvalue weighted by Crippen LogP contribution is 2.44. The van der Waals surface area contributed by atoms with Crippen molar-refractivity contribution >= 4 is 39.0 Å². The number of ether oxygens (including phenoxy) is 1. The van der Waals surface area contributed by atoms with E-state index < -0.39 is 47.0 Å². The minimum atomic E-state index is -4.89. The van der Waals surface area contributed by atoms with E-state index in [1.165, 1.54) is 12.1 Å². The molecule has 0 radical (unpaired) electrons. The van der Waals surface area contributed by atoms with Crippen molar-refractivity contribution in [2.24, 2.45) is 0 Å². The molecule has 1 aromatic heterocycles. The van der Waals surface area contributed by atoms with Crippen LogP contribution in [-0.4, -0.2) is 26.2 Å². The number of nitrogens with one attached hydrogen (secondary N) is 1. The van der Waals surface area contributed by atoms with E-state index in [2.05, 4.69) is 0 Å². The van der Waals surface area contributed by atoms with E-state index in [1.54, 1.807) is 18.2 Å². The van der Waals surface area contributed by atoms with Gasteiger partial charge in [-0.1, -0.05) is 6.92 Å². The Balaban J connectivity index is 1.75. The van der Waals surface area contributed by atoms with Crippen LogP contribution in [0.25, 0.3) is 10.1 Å². The van der Waals surface area contributed by atoms with Gasteiger partial charge in [-0.2, -0.15) is 23.2 Å². The van der Waals surface area contributed by atoms with Gasteiger partial charge < -0.3 is 14.2 Å². The Morgan fingerprint density at radius 3 is 2.53 bits per heavy atom. The first-order valence-corrected chi connectivity index (χ1v) is 13.7. The summed E-state index contributed by atoms with van der Waals surface area (Å²) in [7, 11) is -8.97. The standard InChI is InChI=1S/C20H18F3N2O6PS2/c1-2-7-30-15-5-6-18-14(8-15)9-19(33-18)34(28,29)25-12-32(26,27)31-16-4-3-13(11-24)17(10-16)20(21,22)23/h3-6,8-10,25H,2,7,12H2,1H3,(H,26,27). The Labute approximate surface area is 197 Å². The van der Waals surface area contributed by atoms with Crippen LogP contribution in [-0.2, 0) is 20.8 Å². The van der Waals surface area contributed by atoms with Crippen molar-refractivity contribution in [1.29, 1.82) is 5.26 Å². The molecule has 1 atom stereocenters.